The van der Waals surface area contributed by atoms with Gasteiger partial charge in [-0.15, -0.1) is 0 Å². The summed E-state index contributed by atoms with van der Waals surface area (Å²) in [7, 11) is 0. The zero-order valence-corrected chi connectivity index (χ0v) is 10.3. The van der Waals surface area contributed by atoms with Gasteiger partial charge in [-0.1, -0.05) is 18.2 Å². The van der Waals surface area contributed by atoms with E-state index in [0.29, 0.717) is 18.7 Å². The summed E-state index contributed by atoms with van der Waals surface area (Å²) < 4.78 is 0. The van der Waals surface area contributed by atoms with Crippen LogP contribution in [0.3, 0.4) is 0 Å². The highest BCUT2D eigenvalue weighted by atomic mass is 16.1. The maximum absolute atomic E-state index is 11.9. The fourth-order valence-corrected chi connectivity index (χ4v) is 1.63. The number of hydrogen-bond acceptors (Lipinski definition) is 3. The largest absolute Gasteiger partial charge is 0.350 e. The van der Waals surface area contributed by atoms with E-state index in [1.165, 1.54) is 0 Å². The predicted octanol–water partition coefficient (Wildman–Crippen LogP) is 0.791. The van der Waals surface area contributed by atoms with E-state index in [4.69, 9.17) is 11.5 Å². The zero-order chi connectivity index (χ0) is 12.7. The van der Waals surface area contributed by atoms with Gasteiger partial charge in [0.25, 0.3) is 5.91 Å². The van der Waals surface area contributed by atoms with Crippen molar-refractivity contribution in [3.63, 3.8) is 0 Å². The lowest BCUT2D eigenvalue weighted by Gasteiger charge is -2.13. The van der Waals surface area contributed by atoms with Crippen LogP contribution in [0.15, 0.2) is 24.3 Å². The van der Waals surface area contributed by atoms with Gasteiger partial charge in [0.2, 0.25) is 0 Å². The van der Waals surface area contributed by atoms with E-state index < -0.39 is 0 Å². The quantitative estimate of drug-likeness (QED) is 0.682. The van der Waals surface area contributed by atoms with E-state index >= 15 is 0 Å². The van der Waals surface area contributed by atoms with Crippen LogP contribution in [0.4, 0.5) is 0 Å². The Bertz CT molecular complexity index is 365. The first-order valence-corrected chi connectivity index (χ1v) is 5.94. The summed E-state index contributed by atoms with van der Waals surface area (Å²) >= 11 is 0. The molecule has 0 unspecified atom stereocenters. The van der Waals surface area contributed by atoms with Crippen molar-refractivity contribution in [1.82, 2.24) is 5.32 Å². The standard InChI is InChI=1S/C13H21N3O/c1-10-5-2-3-7-12(10)13(17)16-9-11(15)6-4-8-14/h2-3,5,7,11H,4,6,8-9,14-15H2,1H3,(H,16,17)/t11-/m0/s1. The Labute approximate surface area is 102 Å². The molecule has 1 aromatic carbocycles. The second-order valence-corrected chi connectivity index (χ2v) is 4.22. The molecule has 0 fully saturated rings. The Morgan fingerprint density at radius 2 is 2.12 bits per heavy atom. The van der Waals surface area contributed by atoms with E-state index in [1.807, 2.05) is 31.2 Å². The van der Waals surface area contributed by atoms with Gasteiger partial charge in [0.1, 0.15) is 0 Å². The number of nitrogens with one attached hydrogen (secondary N) is 1. The number of rotatable bonds is 6. The molecule has 17 heavy (non-hydrogen) atoms. The molecular weight excluding hydrogens is 214 g/mol. The van der Waals surface area contributed by atoms with Gasteiger partial charge in [-0.25, -0.2) is 0 Å². The lowest BCUT2D eigenvalue weighted by molar-refractivity contribution is 0.0950. The van der Waals surface area contributed by atoms with Crippen LogP contribution >= 0.6 is 0 Å². The van der Waals surface area contributed by atoms with Gasteiger partial charge in [0, 0.05) is 18.2 Å². The fourth-order valence-electron chi connectivity index (χ4n) is 1.63. The summed E-state index contributed by atoms with van der Waals surface area (Å²) in [4.78, 5) is 11.9. The van der Waals surface area contributed by atoms with Crippen LogP contribution < -0.4 is 16.8 Å². The van der Waals surface area contributed by atoms with Crippen LogP contribution in [0.1, 0.15) is 28.8 Å². The summed E-state index contributed by atoms with van der Waals surface area (Å²) in [6.07, 6.45) is 1.73. The maximum atomic E-state index is 11.9. The minimum Gasteiger partial charge on any atom is -0.350 e. The van der Waals surface area contributed by atoms with Crippen LogP contribution in [0.25, 0.3) is 0 Å². The molecule has 5 N–H and O–H groups in total. The van der Waals surface area contributed by atoms with Crippen LogP contribution in [-0.4, -0.2) is 25.0 Å². The molecule has 0 spiro atoms. The molecule has 1 atom stereocenters. The number of carbonyl (C=O) groups excluding carboxylic acids is 1. The molecule has 1 aromatic rings. The predicted molar refractivity (Wildman–Crippen MR) is 69.8 cm³/mol. The summed E-state index contributed by atoms with van der Waals surface area (Å²) in [6.45, 7) is 3.05. The zero-order valence-electron chi connectivity index (χ0n) is 10.3. The first kappa shape index (κ1) is 13.7. The van der Waals surface area contributed by atoms with Gasteiger partial charge < -0.3 is 16.8 Å². The molecule has 1 rings (SSSR count). The maximum Gasteiger partial charge on any atom is 0.251 e. The van der Waals surface area contributed by atoms with E-state index in [-0.39, 0.29) is 11.9 Å². The average molecular weight is 235 g/mol. The molecule has 0 saturated heterocycles. The van der Waals surface area contributed by atoms with Gasteiger partial charge in [-0.3, -0.25) is 4.79 Å². The second kappa shape index (κ2) is 7.04. The Morgan fingerprint density at radius 1 is 1.41 bits per heavy atom. The third kappa shape index (κ3) is 4.54. The first-order valence-electron chi connectivity index (χ1n) is 5.94. The van der Waals surface area contributed by atoms with E-state index in [2.05, 4.69) is 5.32 Å². The monoisotopic (exact) mass is 235 g/mol. The van der Waals surface area contributed by atoms with Crippen LogP contribution in [0.2, 0.25) is 0 Å². The molecule has 0 radical (unpaired) electrons. The van der Waals surface area contributed by atoms with Gasteiger partial charge >= 0.3 is 0 Å². The molecule has 0 bridgehead atoms. The van der Waals surface area contributed by atoms with Crippen molar-refractivity contribution in [2.24, 2.45) is 11.5 Å². The molecule has 4 heteroatoms. The SMILES string of the molecule is Cc1ccccc1C(=O)NC[C@@H](N)CCCN. The van der Waals surface area contributed by atoms with E-state index in [9.17, 15) is 4.79 Å². The lowest BCUT2D eigenvalue weighted by Crippen LogP contribution is -2.37. The molecule has 0 heterocycles. The molecule has 0 aliphatic rings. The summed E-state index contributed by atoms with van der Waals surface area (Å²) in [5.74, 6) is -0.0636. The Hall–Kier alpha value is -1.39. The van der Waals surface area contributed by atoms with Crippen molar-refractivity contribution in [2.75, 3.05) is 13.1 Å². The highest BCUT2D eigenvalue weighted by Gasteiger charge is 2.09. The van der Waals surface area contributed by atoms with E-state index in [0.717, 1.165) is 18.4 Å². The highest BCUT2D eigenvalue weighted by molar-refractivity contribution is 5.95. The third-order valence-corrected chi connectivity index (χ3v) is 2.69. The van der Waals surface area contributed by atoms with Gasteiger partial charge in [-0.2, -0.15) is 0 Å². The third-order valence-electron chi connectivity index (χ3n) is 2.69. The number of nitrogens with two attached hydrogens (primary N) is 2. The number of aryl methyl sites for hydroxylation is 1. The average Bonchev–Trinajstić information content (AvgIpc) is 2.34. The molecule has 4 nitrogen and oxygen atoms in total. The summed E-state index contributed by atoms with van der Waals surface area (Å²) in [6, 6.07) is 7.49. The number of amides is 1. The minimum atomic E-state index is -0.0636. The van der Waals surface area contributed by atoms with Crippen molar-refractivity contribution >= 4 is 5.91 Å². The summed E-state index contributed by atoms with van der Waals surface area (Å²) in [5, 5.41) is 2.84. The smallest absolute Gasteiger partial charge is 0.251 e. The Morgan fingerprint density at radius 3 is 2.76 bits per heavy atom. The van der Waals surface area contributed by atoms with Crippen molar-refractivity contribution < 1.29 is 4.79 Å². The first-order chi connectivity index (χ1) is 8.15. The molecule has 0 aliphatic heterocycles. The van der Waals surface area contributed by atoms with Crippen molar-refractivity contribution in [3.8, 4) is 0 Å². The number of carbonyl (C=O) groups is 1. The molecule has 0 saturated carbocycles. The van der Waals surface area contributed by atoms with Gasteiger partial charge in [0.15, 0.2) is 0 Å². The topological polar surface area (TPSA) is 81.1 Å². The molecule has 1 amide bonds. The van der Waals surface area contributed by atoms with Gasteiger partial charge in [-0.05, 0) is 37.9 Å². The van der Waals surface area contributed by atoms with Crippen molar-refractivity contribution in [1.29, 1.82) is 0 Å². The Kier molecular flexibility index (Phi) is 5.66. The normalized spacial score (nSPS) is 12.2. The second-order valence-electron chi connectivity index (χ2n) is 4.22. The molecular formula is C13H21N3O. The lowest BCUT2D eigenvalue weighted by atomic mass is 10.1. The molecule has 0 aromatic heterocycles. The van der Waals surface area contributed by atoms with Crippen LogP contribution in [-0.2, 0) is 0 Å². The van der Waals surface area contributed by atoms with Crippen molar-refractivity contribution in [3.05, 3.63) is 35.4 Å². The van der Waals surface area contributed by atoms with Crippen molar-refractivity contribution in [2.45, 2.75) is 25.8 Å². The highest BCUT2D eigenvalue weighted by Crippen LogP contribution is 2.06. The number of benzene rings is 1. The van der Waals surface area contributed by atoms with Crippen LogP contribution in [0.5, 0.6) is 0 Å². The molecule has 94 valence electrons. The summed E-state index contributed by atoms with van der Waals surface area (Å²) in [5.41, 5.74) is 12.9. The van der Waals surface area contributed by atoms with Gasteiger partial charge in [0.05, 0.1) is 0 Å². The Balaban J connectivity index is 2.42. The molecule has 0 aliphatic carbocycles. The van der Waals surface area contributed by atoms with Crippen LogP contribution in [0, 0.1) is 6.92 Å². The number of hydrogen-bond donors (Lipinski definition) is 3. The minimum absolute atomic E-state index is 0.0217. The fraction of sp³-hybridized carbons (Fsp3) is 0.462. The van der Waals surface area contributed by atoms with E-state index in [1.54, 1.807) is 0 Å².